The van der Waals surface area contributed by atoms with E-state index in [-0.39, 0.29) is 11.9 Å². The Morgan fingerprint density at radius 1 is 1.17 bits per heavy atom. The fourth-order valence-electron chi connectivity index (χ4n) is 3.34. The molecule has 1 fully saturated rings. The maximum absolute atomic E-state index is 12.9. The maximum Gasteiger partial charge on any atom is 0.254 e. The van der Waals surface area contributed by atoms with Crippen LogP contribution in [0.3, 0.4) is 0 Å². The number of piperazine rings is 1. The highest BCUT2D eigenvalue weighted by Crippen LogP contribution is 2.25. The van der Waals surface area contributed by atoms with Gasteiger partial charge in [0.2, 0.25) is 0 Å². The molecule has 24 heavy (non-hydrogen) atoms. The average molecular weight is 320 g/mol. The number of fused-ring (bicyclic) bond motifs is 1. The molecule has 1 aliphatic rings. The van der Waals surface area contributed by atoms with Crippen molar-refractivity contribution in [1.82, 2.24) is 19.8 Å². The third-order valence-corrected chi connectivity index (χ3v) is 4.79. The summed E-state index contributed by atoms with van der Waals surface area (Å²) >= 11 is 0. The van der Waals surface area contributed by atoms with Crippen molar-refractivity contribution in [2.45, 2.75) is 6.04 Å². The van der Waals surface area contributed by atoms with E-state index in [2.05, 4.69) is 46.2 Å². The summed E-state index contributed by atoms with van der Waals surface area (Å²) in [5.74, 6) is 0.0838. The molecule has 0 saturated carbocycles. The molecule has 122 valence electrons. The Labute approximate surface area is 140 Å². The summed E-state index contributed by atoms with van der Waals surface area (Å²) in [6, 6.07) is 16.3. The fraction of sp³-hybridized carbons (Fsp3) is 0.263. The lowest BCUT2D eigenvalue weighted by molar-refractivity contribution is 0.0546. The molecule has 4 rings (SSSR count). The number of hydrogen-bond acceptors (Lipinski definition) is 3. The molecule has 1 amide bonds. The number of nitrogens with zero attached hydrogens (tertiary/aromatic N) is 3. The fourth-order valence-corrected chi connectivity index (χ4v) is 3.34. The van der Waals surface area contributed by atoms with E-state index in [0.29, 0.717) is 12.1 Å². The van der Waals surface area contributed by atoms with Crippen molar-refractivity contribution in [2.24, 2.45) is 0 Å². The first-order valence-electron chi connectivity index (χ1n) is 8.20. The molecule has 1 atom stereocenters. The van der Waals surface area contributed by atoms with Gasteiger partial charge in [-0.2, -0.15) is 0 Å². The molecule has 1 aliphatic heterocycles. The second kappa shape index (κ2) is 6.09. The van der Waals surface area contributed by atoms with Crippen molar-refractivity contribution in [3.63, 3.8) is 0 Å². The molecule has 2 heterocycles. The molecule has 3 aromatic rings. The lowest BCUT2D eigenvalue weighted by Crippen LogP contribution is -2.49. The second-order valence-corrected chi connectivity index (χ2v) is 6.29. The Morgan fingerprint density at radius 3 is 2.83 bits per heavy atom. The molecule has 1 saturated heterocycles. The van der Waals surface area contributed by atoms with Gasteiger partial charge in [0.05, 0.1) is 23.4 Å². The molecule has 1 N–H and O–H groups in total. The van der Waals surface area contributed by atoms with E-state index >= 15 is 0 Å². The van der Waals surface area contributed by atoms with Gasteiger partial charge in [-0.1, -0.05) is 30.3 Å². The van der Waals surface area contributed by atoms with Crippen molar-refractivity contribution in [3.8, 4) is 0 Å². The summed E-state index contributed by atoms with van der Waals surface area (Å²) < 4.78 is 0. The smallest absolute Gasteiger partial charge is 0.254 e. The van der Waals surface area contributed by atoms with Gasteiger partial charge in [0.1, 0.15) is 0 Å². The summed E-state index contributed by atoms with van der Waals surface area (Å²) in [5.41, 5.74) is 3.74. The zero-order valence-electron chi connectivity index (χ0n) is 13.6. The van der Waals surface area contributed by atoms with Crippen molar-refractivity contribution >= 4 is 16.9 Å². The molecule has 0 aliphatic carbocycles. The van der Waals surface area contributed by atoms with Crippen LogP contribution in [0.25, 0.3) is 11.0 Å². The molecule has 0 spiro atoms. The van der Waals surface area contributed by atoms with Crippen LogP contribution in [0, 0.1) is 0 Å². The van der Waals surface area contributed by atoms with Gasteiger partial charge in [-0.3, -0.25) is 9.69 Å². The quantitative estimate of drug-likeness (QED) is 0.790. The average Bonchev–Trinajstić information content (AvgIpc) is 3.10. The molecule has 5 nitrogen and oxygen atoms in total. The standard InChI is InChI=1S/C19H20N4O/c1-22-9-10-23(12-18(22)14-5-3-2-4-6-14)19(24)15-7-8-16-17(11-15)21-13-20-16/h2-8,11,13,18H,9-10,12H2,1H3,(H,20,21)/t18-/m0/s1. The summed E-state index contributed by atoms with van der Waals surface area (Å²) in [6.07, 6.45) is 1.65. The summed E-state index contributed by atoms with van der Waals surface area (Å²) in [7, 11) is 2.12. The van der Waals surface area contributed by atoms with E-state index < -0.39 is 0 Å². The number of nitrogens with one attached hydrogen (secondary N) is 1. The number of benzene rings is 2. The monoisotopic (exact) mass is 320 g/mol. The maximum atomic E-state index is 12.9. The van der Waals surface area contributed by atoms with Crippen molar-refractivity contribution in [3.05, 3.63) is 66.0 Å². The van der Waals surface area contributed by atoms with E-state index in [1.165, 1.54) is 5.56 Å². The third-order valence-electron chi connectivity index (χ3n) is 4.79. The number of aromatic amines is 1. The minimum atomic E-state index is 0.0838. The third kappa shape index (κ3) is 2.67. The highest BCUT2D eigenvalue weighted by atomic mass is 16.2. The molecule has 0 radical (unpaired) electrons. The number of carbonyl (C=O) groups excluding carboxylic acids is 1. The van der Waals surface area contributed by atoms with E-state index in [4.69, 9.17) is 0 Å². The second-order valence-electron chi connectivity index (χ2n) is 6.29. The number of rotatable bonds is 2. The Balaban J connectivity index is 1.58. The highest BCUT2D eigenvalue weighted by Gasteiger charge is 2.28. The van der Waals surface area contributed by atoms with E-state index in [1.807, 2.05) is 29.2 Å². The number of amides is 1. The van der Waals surface area contributed by atoms with Crippen LogP contribution in [0.1, 0.15) is 22.0 Å². The van der Waals surface area contributed by atoms with Crippen LogP contribution in [-0.4, -0.2) is 52.4 Å². The largest absolute Gasteiger partial charge is 0.345 e. The molecule has 0 bridgehead atoms. The van der Waals surface area contributed by atoms with Crippen molar-refractivity contribution < 1.29 is 4.79 Å². The zero-order valence-corrected chi connectivity index (χ0v) is 13.6. The number of H-pyrrole nitrogens is 1. The number of likely N-dealkylation sites (N-methyl/N-ethyl adjacent to an activating group) is 1. The molecular weight excluding hydrogens is 300 g/mol. The van der Waals surface area contributed by atoms with Gasteiger partial charge in [0.15, 0.2) is 0 Å². The van der Waals surface area contributed by atoms with Gasteiger partial charge in [-0.05, 0) is 30.8 Å². The normalized spacial score (nSPS) is 18.9. The molecule has 2 aromatic carbocycles. The van der Waals surface area contributed by atoms with Gasteiger partial charge in [-0.15, -0.1) is 0 Å². The first kappa shape index (κ1) is 14.9. The van der Waals surface area contributed by atoms with Gasteiger partial charge in [0, 0.05) is 25.2 Å². The number of aromatic nitrogens is 2. The van der Waals surface area contributed by atoms with Crippen LogP contribution in [0.5, 0.6) is 0 Å². The number of imidazole rings is 1. The topological polar surface area (TPSA) is 52.2 Å². The van der Waals surface area contributed by atoms with E-state index in [1.54, 1.807) is 6.33 Å². The number of hydrogen-bond donors (Lipinski definition) is 1. The first-order chi connectivity index (χ1) is 11.7. The van der Waals surface area contributed by atoms with Crippen LogP contribution < -0.4 is 0 Å². The van der Waals surface area contributed by atoms with Crippen LogP contribution >= 0.6 is 0 Å². The van der Waals surface area contributed by atoms with Crippen LogP contribution in [-0.2, 0) is 0 Å². The zero-order chi connectivity index (χ0) is 16.5. The van der Waals surface area contributed by atoms with Gasteiger partial charge < -0.3 is 9.88 Å². The van der Waals surface area contributed by atoms with E-state index in [9.17, 15) is 4.79 Å². The molecule has 0 unspecified atom stereocenters. The number of carbonyl (C=O) groups is 1. The minimum Gasteiger partial charge on any atom is -0.345 e. The Morgan fingerprint density at radius 2 is 2.00 bits per heavy atom. The Kier molecular flexibility index (Phi) is 3.78. The van der Waals surface area contributed by atoms with E-state index in [0.717, 1.165) is 24.1 Å². The Hall–Kier alpha value is -2.66. The van der Waals surface area contributed by atoms with Gasteiger partial charge in [0.25, 0.3) is 5.91 Å². The summed E-state index contributed by atoms with van der Waals surface area (Å²) in [6.45, 7) is 2.33. The van der Waals surface area contributed by atoms with Crippen LogP contribution in [0.15, 0.2) is 54.9 Å². The Bertz CT molecular complexity index is 858. The van der Waals surface area contributed by atoms with Gasteiger partial charge in [-0.25, -0.2) is 4.98 Å². The van der Waals surface area contributed by atoms with Crippen molar-refractivity contribution in [1.29, 1.82) is 0 Å². The minimum absolute atomic E-state index is 0.0838. The lowest BCUT2D eigenvalue weighted by atomic mass is 10.0. The predicted octanol–water partition coefficient (Wildman–Crippen LogP) is 2.69. The van der Waals surface area contributed by atoms with Crippen LogP contribution in [0.4, 0.5) is 0 Å². The van der Waals surface area contributed by atoms with Gasteiger partial charge >= 0.3 is 0 Å². The molecular formula is C19H20N4O. The first-order valence-corrected chi connectivity index (χ1v) is 8.20. The highest BCUT2D eigenvalue weighted by molar-refractivity contribution is 5.97. The summed E-state index contributed by atoms with van der Waals surface area (Å²) in [4.78, 5) is 24.5. The van der Waals surface area contributed by atoms with Crippen molar-refractivity contribution in [2.75, 3.05) is 26.7 Å². The molecule has 1 aromatic heterocycles. The summed E-state index contributed by atoms with van der Waals surface area (Å²) in [5, 5.41) is 0. The lowest BCUT2D eigenvalue weighted by Gasteiger charge is -2.39. The predicted molar refractivity (Wildman–Crippen MR) is 93.8 cm³/mol. The van der Waals surface area contributed by atoms with Crippen LogP contribution in [0.2, 0.25) is 0 Å². The SMILES string of the molecule is CN1CCN(C(=O)c2ccc3nc[nH]c3c2)C[C@H]1c1ccccc1. The molecule has 5 heteroatoms.